The van der Waals surface area contributed by atoms with Crippen molar-refractivity contribution >= 4 is 22.4 Å². The quantitative estimate of drug-likeness (QED) is 0.606. The molecule has 1 fully saturated rings. The van der Waals surface area contributed by atoms with Crippen molar-refractivity contribution in [1.29, 1.82) is 0 Å². The summed E-state index contributed by atoms with van der Waals surface area (Å²) in [5, 5.41) is 12.6. The normalized spacial score (nSPS) is 19.2. The second kappa shape index (κ2) is 8.89. The fourth-order valence-corrected chi connectivity index (χ4v) is 4.80. The minimum absolute atomic E-state index is 0.144. The molecule has 0 bridgehead atoms. The van der Waals surface area contributed by atoms with Crippen LogP contribution < -0.4 is 5.32 Å². The maximum absolute atomic E-state index is 13.6. The van der Waals surface area contributed by atoms with E-state index in [1.165, 1.54) is 4.80 Å². The number of hydrogen-bond acceptors (Lipinski definition) is 6. The van der Waals surface area contributed by atoms with Crippen LogP contribution in [0.1, 0.15) is 41.4 Å². The summed E-state index contributed by atoms with van der Waals surface area (Å²) >= 11 is 0.909. The largest absolute Gasteiger partial charge is 0.434 e. The Bertz CT molecular complexity index is 1080. The monoisotopic (exact) mass is 464 g/mol. The number of halogens is 3. The Kier molecular flexibility index (Phi) is 6.18. The van der Waals surface area contributed by atoms with Gasteiger partial charge < -0.3 is 10.2 Å². The first-order chi connectivity index (χ1) is 15.3. The summed E-state index contributed by atoms with van der Waals surface area (Å²) in [7, 11) is 0. The molecule has 3 aromatic rings. The van der Waals surface area contributed by atoms with E-state index in [-0.39, 0.29) is 23.0 Å². The molecule has 1 aromatic carbocycles. The van der Waals surface area contributed by atoms with Crippen LogP contribution in [0.25, 0.3) is 5.69 Å². The van der Waals surface area contributed by atoms with Crippen LogP contribution in [-0.2, 0) is 6.18 Å². The van der Waals surface area contributed by atoms with Crippen molar-refractivity contribution in [2.24, 2.45) is 5.92 Å². The number of likely N-dealkylation sites (tertiary alicyclic amines) is 1. The van der Waals surface area contributed by atoms with Crippen molar-refractivity contribution in [3.63, 3.8) is 0 Å². The van der Waals surface area contributed by atoms with Gasteiger partial charge in [-0.05, 0) is 37.3 Å². The number of carbonyl (C=O) groups excluding carboxylic acids is 1. The maximum atomic E-state index is 13.6. The number of aryl methyl sites for hydroxylation is 1. The van der Waals surface area contributed by atoms with E-state index in [0.717, 1.165) is 35.1 Å². The Labute approximate surface area is 187 Å². The highest BCUT2D eigenvalue weighted by Gasteiger charge is 2.35. The van der Waals surface area contributed by atoms with Gasteiger partial charge in [0.25, 0.3) is 5.91 Å². The molecule has 1 N–H and O–H groups in total. The number of piperidine rings is 1. The van der Waals surface area contributed by atoms with Gasteiger partial charge in [0.2, 0.25) is 0 Å². The Morgan fingerprint density at radius 2 is 2.03 bits per heavy atom. The highest BCUT2D eigenvalue weighted by molar-refractivity contribution is 7.13. The topological polar surface area (TPSA) is 75.9 Å². The lowest BCUT2D eigenvalue weighted by molar-refractivity contribution is -0.140. The van der Waals surface area contributed by atoms with Crippen LogP contribution in [0.3, 0.4) is 0 Å². The Hall–Kier alpha value is -2.95. The molecule has 3 heterocycles. The van der Waals surface area contributed by atoms with Crippen molar-refractivity contribution in [2.75, 3.05) is 18.4 Å². The first-order valence-corrected chi connectivity index (χ1v) is 11.2. The molecule has 1 saturated heterocycles. The van der Waals surface area contributed by atoms with E-state index < -0.39 is 11.9 Å². The molecular weight excluding hydrogens is 441 g/mol. The van der Waals surface area contributed by atoms with Crippen LogP contribution in [0.5, 0.6) is 0 Å². The van der Waals surface area contributed by atoms with Gasteiger partial charge in [-0.25, -0.2) is 4.98 Å². The number of amides is 1. The Balaban J connectivity index is 1.57. The van der Waals surface area contributed by atoms with Gasteiger partial charge in [-0.1, -0.05) is 19.1 Å². The second-order valence-corrected chi connectivity index (χ2v) is 8.75. The zero-order valence-electron chi connectivity index (χ0n) is 17.6. The van der Waals surface area contributed by atoms with Gasteiger partial charge >= 0.3 is 6.18 Å². The molecule has 4 rings (SSSR count). The average Bonchev–Trinajstić information content (AvgIpc) is 3.44. The molecule has 0 spiro atoms. The van der Waals surface area contributed by atoms with Gasteiger partial charge in [0.05, 0.1) is 24.0 Å². The van der Waals surface area contributed by atoms with Crippen LogP contribution in [0, 0.1) is 12.8 Å². The predicted octanol–water partition coefficient (Wildman–Crippen LogP) is 4.40. The summed E-state index contributed by atoms with van der Waals surface area (Å²) in [5.74, 6) is 0.0350. The van der Waals surface area contributed by atoms with Gasteiger partial charge in [0.15, 0.2) is 10.8 Å². The van der Waals surface area contributed by atoms with Crippen molar-refractivity contribution in [3.05, 3.63) is 52.8 Å². The lowest BCUT2D eigenvalue weighted by atomic mass is 9.90. The fraction of sp³-hybridized carbons (Fsp3) is 0.429. The molecule has 2 aromatic heterocycles. The summed E-state index contributed by atoms with van der Waals surface area (Å²) in [6.45, 7) is 4.84. The summed E-state index contributed by atoms with van der Waals surface area (Å²) in [6.07, 6.45) is 0.432. The number of para-hydroxylation sites is 1. The number of benzene rings is 1. The number of aromatic nitrogens is 4. The summed E-state index contributed by atoms with van der Waals surface area (Å²) < 4.78 is 38.6. The van der Waals surface area contributed by atoms with Crippen LogP contribution in [0.4, 0.5) is 18.3 Å². The van der Waals surface area contributed by atoms with E-state index in [2.05, 4.69) is 27.4 Å². The fourth-order valence-electron chi connectivity index (χ4n) is 4.07. The average molecular weight is 465 g/mol. The van der Waals surface area contributed by atoms with E-state index in [0.29, 0.717) is 24.3 Å². The molecule has 1 aliphatic heterocycles. The van der Waals surface area contributed by atoms with Crippen molar-refractivity contribution in [3.8, 4) is 5.69 Å². The first-order valence-electron chi connectivity index (χ1n) is 10.3. The third kappa shape index (κ3) is 4.47. The van der Waals surface area contributed by atoms with Crippen LogP contribution in [0.2, 0.25) is 0 Å². The molecule has 0 unspecified atom stereocenters. The van der Waals surface area contributed by atoms with Gasteiger partial charge in [-0.3, -0.25) is 4.79 Å². The van der Waals surface area contributed by atoms with Crippen LogP contribution >= 0.6 is 11.3 Å². The van der Waals surface area contributed by atoms with E-state index >= 15 is 0 Å². The first kappa shape index (κ1) is 22.3. The predicted molar refractivity (Wildman–Crippen MR) is 115 cm³/mol. The second-order valence-electron chi connectivity index (χ2n) is 7.89. The number of anilines is 1. The SMILES string of the molecule is Cc1cccc(C(=O)N2CCC[C@@H](C)[C@H]2CNc2nc(C(F)(F)F)cs2)c1-n1nccn1. The van der Waals surface area contributed by atoms with Crippen molar-refractivity contribution < 1.29 is 18.0 Å². The number of nitrogens with zero attached hydrogens (tertiary/aromatic N) is 5. The third-order valence-corrected chi connectivity index (χ3v) is 6.52. The molecule has 2 atom stereocenters. The van der Waals surface area contributed by atoms with E-state index in [9.17, 15) is 18.0 Å². The Morgan fingerprint density at radius 3 is 2.72 bits per heavy atom. The van der Waals surface area contributed by atoms with E-state index in [1.807, 2.05) is 19.1 Å². The minimum Gasteiger partial charge on any atom is -0.359 e. The van der Waals surface area contributed by atoms with Gasteiger partial charge in [0, 0.05) is 18.5 Å². The molecular formula is C21H23F3N6OS. The Morgan fingerprint density at radius 1 is 1.28 bits per heavy atom. The number of hydrogen-bond donors (Lipinski definition) is 1. The van der Waals surface area contributed by atoms with Gasteiger partial charge in [-0.2, -0.15) is 28.2 Å². The number of carbonyl (C=O) groups is 1. The third-order valence-electron chi connectivity index (χ3n) is 5.72. The van der Waals surface area contributed by atoms with E-state index in [4.69, 9.17) is 0 Å². The van der Waals surface area contributed by atoms with Crippen molar-refractivity contribution in [2.45, 2.75) is 38.9 Å². The molecule has 1 aliphatic rings. The molecule has 0 saturated carbocycles. The standard InChI is InChI=1S/C21H23F3N6OS/c1-13-6-4-10-29(16(13)11-25-20-28-17(12-32-20)21(22,23)24)19(31)15-7-3-5-14(2)18(15)30-26-8-9-27-30/h3,5,7-9,12-13,16H,4,6,10-11H2,1-2H3,(H,25,28)/t13-,16-/m1/s1. The maximum Gasteiger partial charge on any atom is 0.434 e. The van der Waals surface area contributed by atoms with Crippen molar-refractivity contribution in [1.82, 2.24) is 24.9 Å². The molecule has 1 amide bonds. The zero-order valence-corrected chi connectivity index (χ0v) is 18.5. The lowest BCUT2D eigenvalue weighted by Crippen LogP contribution is -2.51. The smallest absolute Gasteiger partial charge is 0.359 e. The lowest BCUT2D eigenvalue weighted by Gasteiger charge is -2.40. The number of rotatable bonds is 5. The number of nitrogens with one attached hydrogen (secondary N) is 1. The van der Waals surface area contributed by atoms with Gasteiger partial charge in [-0.15, -0.1) is 11.3 Å². The molecule has 7 nitrogen and oxygen atoms in total. The number of thiazole rings is 1. The molecule has 32 heavy (non-hydrogen) atoms. The summed E-state index contributed by atoms with van der Waals surface area (Å²) in [5.41, 5.74) is 1.08. The highest BCUT2D eigenvalue weighted by atomic mass is 32.1. The van der Waals surface area contributed by atoms with E-state index in [1.54, 1.807) is 23.4 Å². The van der Waals surface area contributed by atoms with Crippen LogP contribution in [-0.4, -0.2) is 49.9 Å². The molecule has 11 heteroatoms. The summed E-state index contributed by atoms with van der Waals surface area (Å²) in [6, 6.07) is 5.29. The molecule has 0 radical (unpaired) electrons. The van der Waals surface area contributed by atoms with Crippen LogP contribution in [0.15, 0.2) is 36.0 Å². The van der Waals surface area contributed by atoms with Gasteiger partial charge in [0.1, 0.15) is 5.69 Å². The number of alkyl halides is 3. The minimum atomic E-state index is -4.47. The zero-order chi connectivity index (χ0) is 22.9. The molecule has 0 aliphatic carbocycles. The summed E-state index contributed by atoms with van der Waals surface area (Å²) in [4.78, 5) is 20.5. The molecule has 170 valence electrons. The highest BCUT2D eigenvalue weighted by Crippen LogP contribution is 2.32.